The number of ether oxygens (including phenoxy) is 1. The van der Waals surface area contributed by atoms with Crippen LogP contribution in [0.15, 0.2) is 41.0 Å². The third-order valence-electron chi connectivity index (χ3n) is 2.89. The van der Waals surface area contributed by atoms with Crippen molar-refractivity contribution in [3.63, 3.8) is 0 Å². The van der Waals surface area contributed by atoms with Gasteiger partial charge in [-0.2, -0.15) is 0 Å². The Balaban J connectivity index is 2.08. The zero-order chi connectivity index (χ0) is 14.4. The molecule has 0 atom stereocenters. The van der Waals surface area contributed by atoms with Crippen LogP contribution in [0.25, 0.3) is 0 Å². The Labute approximate surface area is 128 Å². The number of aryl methyl sites for hydroxylation is 1. The summed E-state index contributed by atoms with van der Waals surface area (Å²) < 4.78 is 6.77. The van der Waals surface area contributed by atoms with Crippen LogP contribution in [0.2, 0.25) is 0 Å². The summed E-state index contributed by atoms with van der Waals surface area (Å²) in [6.07, 6.45) is 3.00. The average molecular weight is 335 g/mol. The molecular formula is C16H19BrN2O. The maximum Gasteiger partial charge on any atom is 0.222 e. The molecule has 20 heavy (non-hydrogen) atoms. The minimum atomic E-state index is 0.649. The molecule has 0 amide bonds. The maximum absolute atomic E-state index is 5.84. The van der Waals surface area contributed by atoms with Gasteiger partial charge in [0.2, 0.25) is 5.88 Å². The lowest BCUT2D eigenvalue weighted by atomic mass is 10.2. The van der Waals surface area contributed by atoms with Gasteiger partial charge < -0.3 is 10.1 Å². The van der Waals surface area contributed by atoms with Gasteiger partial charge in [0, 0.05) is 18.3 Å². The van der Waals surface area contributed by atoms with Crippen LogP contribution >= 0.6 is 15.9 Å². The Morgan fingerprint density at radius 1 is 1.30 bits per heavy atom. The van der Waals surface area contributed by atoms with Crippen molar-refractivity contribution in [3.8, 4) is 11.6 Å². The first-order valence-corrected chi connectivity index (χ1v) is 7.58. The molecule has 0 fully saturated rings. The van der Waals surface area contributed by atoms with Gasteiger partial charge in [0.05, 0.1) is 4.47 Å². The largest absolute Gasteiger partial charge is 0.438 e. The number of nitrogens with one attached hydrogen (secondary N) is 1. The number of hydrogen-bond donors (Lipinski definition) is 1. The number of nitrogens with zero attached hydrogens (tertiary/aromatic N) is 1. The molecule has 1 N–H and O–H groups in total. The van der Waals surface area contributed by atoms with E-state index in [0.29, 0.717) is 5.88 Å². The molecule has 1 aromatic heterocycles. The Morgan fingerprint density at radius 3 is 2.80 bits per heavy atom. The number of halogens is 1. The quantitative estimate of drug-likeness (QED) is 0.792. The molecule has 2 aromatic rings. The van der Waals surface area contributed by atoms with Gasteiger partial charge in [-0.05, 0) is 59.6 Å². The summed E-state index contributed by atoms with van der Waals surface area (Å²) in [7, 11) is 0. The van der Waals surface area contributed by atoms with Crippen molar-refractivity contribution in [3.05, 3.63) is 52.1 Å². The Kier molecular flexibility index (Phi) is 5.56. The monoisotopic (exact) mass is 334 g/mol. The molecule has 0 aliphatic carbocycles. The van der Waals surface area contributed by atoms with E-state index in [9.17, 15) is 0 Å². The first kappa shape index (κ1) is 15.0. The van der Waals surface area contributed by atoms with E-state index >= 15 is 0 Å². The molecule has 1 heterocycles. The molecule has 0 saturated carbocycles. The fourth-order valence-corrected chi connectivity index (χ4v) is 2.23. The second-order valence-electron chi connectivity index (χ2n) is 4.67. The molecular weight excluding hydrogens is 316 g/mol. The summed E-state index contributed by atoms with van der Waals surface area (Å²) in [4.78, 5) is 4.41. The molecule has 106 valence electrons. The standard InChI is InChI=1S/C16H19BrN2O/c1-3-8-18-10-13-9-12(2)16(19-11-13)20-15-7-5-4-6-14(15)17/h4-7,9,11,18H,3,8,10H2,1-2H3. The van der Waals surface area contributed by atoms with Gasteiger partial charge in [0.25, 0.3) is 0 Å². The summed E-state index contributed by atoms with van der Waals surface area (Å²) >= 11 is 3.47. The van der Waals surface area contributed by atoms with E-state index in [1.807, 2.05) is 37.4 Å². The van der Waals surface area contributed by atoms with Crippen molar-refractivity contribution in [1.82, 2.24) is 10.3 Å². The highest BCUT2D eigenvalue weighted by Crippen LogP contribution is 2.29. The zero-order valence-corrected chi connectivity index (χ0v) is 13.4. The number of rotatable bonds is 6. The SMILES string of the molecule is CCCNCc1cnc(Oc2ccccc2Br)c(C)c1. The van der Waals surface area contributed by atoms with Crippen LogP contribution in [0.4, 0.5) is 0 Å². The highest BCUT2D eigenvalue weighted by atomic mass is 79.9. The second-order valence-corrected chi connectivity index (χ2v) is 5.53. The van der Waals surface area contributed by atoms with Gasteiger partial charge in [0.15, 0.2) is 0 Å². The van der Waals surface area contributed by atoms with Crippen molar-refractivity contribution in [1.29, 1.82) is 0 Å². The van der Waals surface area contributed by atoms with E-state index in [1.165, 1.54) is 5.56 Å². The van der Waals surface area contributed by atoms with E-state index in [0.717, 1.165) is 35.3 Å². The number of para-hydroxylation sites is 1. The Morgan fingerprint density at radius 2 is 2.10 bits per heavy atom. The predicted molar refractivity (Wildman–Crippen MR) is 85.2 cm³/mol. The van der Waals surface area contributed by atoms with Crippen LogP contribution in [0.3, 0.4) is 0 Å². The zero-order valence-electron chi connectivity index (χ0n) is 11.8. The van der Waals surface area contributed by atoms with Crippen LogP contribution < -0.4 is 10.1 Å². The molecule has 0 aliphatic rings. The number of pyridine rings is 1. The van der Waals surface area contributed by atoms with Crippen molar-refractivity contribution in [2.75, 3.05) is 6.54 Å². The highest BCUT2D eigenvalue weighted by molar-refractivity contribution is 9.10. The summed E-state index contributed by atoms with van der Waals surface area (Å²) in [6, 6.07) is 9.88. The van der Waals surface area contributed by atoms with E-state index in [-0.39, 0.29) is 0 Å². The van der Waals surface area contributed by atoms with Gasteiger partial charge in [-0.1, -0.05) is 19.1 Å². The second kappa shape index (κ2) is 7.41. The molecule has 3 nitrogen and oxygen atoms in total. The van der Waals surface area contributed by atoms with E-state index in [2.05, 4.69) is 39.2 Å². The summed E-state index contributed by atoms with van der Waals surface area (Å²) in [6.45, 7) is 6.04. The van der Waals surface area contributed by atoms with Crippen LogP contribution in [0.5, 0.6) is 11.6 Å². The van der Waals surface area contributed by atoms with E-state index < -0.39 is 0 Å². The summed E-state index contributed by atoms with van der Waals surface area (Å²) in [5, 5.41) is 3.37. The number of aromatic nitrogens is 1. The van der Waals surface area contributed by atoms with Crippen LogP contribution in [0, 0.1) is 6.92 Å². The lowest BCUT2D eigenvalue weighted by Gasteiger charge is -2.10. The number of benzene rings is 1. The molecule has 0 bridgehead atoms. The normalized spacial score (nSPS) is 10.6. The molecule has 0 saturated heterocycles. The van der Waals surface area contributed by atoms with Gasteiger partial charge >= 0.3 is 0 Å². The van der Waals surface area contributed by atoms with Crippen molar-refractivity contribution in [2.45, 2.75) is 26.8 Å². The van der Waals surface area contributed by atoms with E-state index in [4.69, 9.17) is 4.74 Å². The minimum absolute atomic E-state index is 0.649. The van der Waals surface area contributed by atoms with Gasteiger partial charge in [0.1, 0.15) is 5.75 Å². The number of hydrogen-bond acceptors (Lipinski definition) is 3. The Hall–Kier alpha value is -1.39. The third-order valence-corrected chi connectivity index (χ3v) is 3.54. The van der Waals surface area contributed by atoms with Crippen molar-refractivity contribution in [2.24, 2.45) is 0 Å². The topological polar surface area (TPSA) is 34.2 Å². The predicted octanol–water partition coefficient (Wildman–Crippen LogP) is 4.44. The van der Waals surface area contributed by atoms with Gasteiger partial charge in [-0.3, -0.25) is 0 Å². The molecule has 0 radical (unpaired) electrons. The van der Waals surface area contributed by atoms with Crippen LogP contribution in [-0.4, -0.2) is 11.5 Å². The molecule has 2 rings (SSSR count). The van der Waals surface area contributed by atoms with Crippen molar-refractivity contribution >= 4 is 15.9 Å². The Bertz CT molecular complexity index is 572. The van der Waals surface area contributed by atoms with Gasteiger partial charge in [-0.25, -0.2) is 4.98 Å². The average Bonchev–Trinajstić information content (AvgIpc) is 2.44. The lowest BCUT2D eigenvalue weighted by molar-refractivity contribution is 0.455. The lowest BCUT2D eigenvalue weighted by Crippen LogP contribution is -2.14. The molecule has 0 spiro atoms. The molecule has 0 unspecified atom stereocenters. The van der Waals surface area contributed by atoms with Crippen molar-refractivity contribution < 1.29 is 4.74 Å². The minimum Gasteiger partial charge on any atom is -0.438 e. The van der Waals surface area contributed by atoms with Crippen LogP contribution in [-0.2, 0) is 6.54 Å². The molecule has 1 aromatic carbocycles. The summed E-state index contributed by atoms with van der Waals surface area (Å²) in [5.41, 5.74) is 2.21. The smallest absolute Gasteiger partial charge is 0.222 e. The van der Waals surface area contributed by atoms with E-state index in [1.54, 1.807) is 0 Å². The summed E-state index contributed by atoms with van der Waals surface area (Å²) in [5.74, 6) is 1.43. The first-order valence-electron chi connectivity index (χ1n) is 6.79. The molecule has 4 heteroatoms. The fraction of sp³-hybridized carbons (Fsp3) is 0.312. The fourth-order valence-electron chi connectivity index (χ4n) is 1.87. The highest BCUT2D eigenvalue weighted by Gasteiger charge is 2.06. The first-order chi connectivity index (χ1) is 9.70. The van der Waals surface area contributed by atoms with Gasteiger partial charge in [-0.15, -0.1) is 0 Å². The third kappa shape index (κ3) is 4.05. The maximum atomic E-state index is 5.84. The van der Waals surface area contributed by atoms with Crippen LogP contribution in [0.1, 0.15) is 24.5 Å². The molecule has 0 aliphatic heterocycles.